The van der Waals surface area contributed by atoms with Gasteiger partial charge in [0, 0.05) is 18.8 Å². The highest BCUT2D eigenvalue weighted by Gasteiger charge is 2.56. The lowest BCUT2D eigenvalue weighted by atomic mass is 9.80. The van der Waals surface area contributed by atoms with Gasteiger partial charge in [0.05, 0.1) is 0 Å². The fraction of sp³-hybridized carbons (Fsp3) is 0.708. The number of hydrogen-bond acceptors (Lipinski definition) is 1. The summed E-state index contributed by atoms with van der Waals surface area (Å²) in [5, 5.41) is 0. The molecule has 3 heteroatoms. The summed E-state index contributed by atoms with van der Waals surface area (Å²) in [5.41, 5.74) is 0.316. The number of benzene rings is 1. The molecule has 3 rings (SSSR count). The van der Waals surface area contributed by atoms with Crippen LogP contribution in [0.15, 0.2) is 36.4 Å². The van der Waals surface area contributed by atoms with Gasteiger partial charge in [-0.2, -0.15) is 0 Å². The number of hydrogen-bond donors (Lipinski definition) is 0. The van der Waals surface area contributed by atoms with Crippen molar-refractivity contribution in [1.82, 2.24) is 0 Å². The molecule has 2 bridgehead atoms. The van der Waals surface area contributed by atoms with Crippen LogP contribution in [-0.4, -0.2) is 11.7 Å². The zero-order chi connectivity index (χ0) is 21.7. The maximum atomic E-state index is 11.5. The van der Waals surface area contributed by atoms with Crippen molar-refractivity contribution in [1.29, 1.82) is 0 Å². The quantitative estimate of drug-likeness (QED) is 0.478. The third-order valence-electron chi connectivity index (χ3n) is 5.16. The first-order valence-electron chi connectivity index (χ1n) is 10.5. The minimum Gasteiger partial charge on any atom is -0.299 e. The van der Waals surface area contributed by atoms with Crippen molar-refractivity contribution in [2.45, 2.75) is 87.5 Å². The minimum absolute atomic E-state index is 0.0625. The second-order valence-electron chi connectivity index (χ2n) is 7.46. The van der Waals surface area contributed by atoms with E-state index in [1.807, 2.05) is 64.1 Å². The Kier molecular flexibility index (Phi) is 14.3. The Morgan fingerprint density at radius 3 is 1.48 bits per heavy atom. The summed E-state index contributed by atoms with van der Waals surface area (Å²) in [5.74, 6) is -0.211. The predicted molar refractivity (Wildman–Crippen MR) is 114 cm³/mol. The lowest BCUT2D eigenvalue weighted by Gasteiger charge is -2.23. The SMILES string of the molecule is CC.CC.CC1CC2CC(=O)C1C2(C)C.CCC(C)(F)F.c1ccccc1. The summed E-state index contributed by atoms with van der Waals surface area (Å²) in [6, 6.07) is 12.0. The topological polar surface area (TPSA) is 17.1 Å². The molecule has 0 spiro atoms. The van der Waals surface area contributed by atoms with Gasteiger partial charge in [-0.25, -0.2) is 8.78 Å². The molecule has 2 aliphatic carbocycles. The van der Waals surface area contributed by atoms with Crippen LogP contribution in [0.2, 0.25) is 0 Å². The van der Waals surface area contributed by atoms with Crippen LogP contribution in [0.5, 0.6) is 0 Å². The molecule has 0 amide bonds. The highest BCUT2D eigenvalue weighted by Crippen LogP contribution is 2.58. The Balaban J connectivity index is 0. The molecule has 2 fully saturated rings. The van der Waals surface area contributed by atoms with Crippen LogP contribution < -0.4 is 0 Å². The Morgan fingerprint density at radius 1 is 1.00 bits per heavy atom. The Hall–Kier alpha value is -1.25. The molecule has 0 radical (unpaired) electrons. The van der Waals surface area contributed by atoms with Crippen LogP contribution in [0.1, 0.15) is 81.6 Å². The van der Waals surface area contributed by atoms with E-state index in [2.05, 4.69) is 20.8 Å². The number of ketones is 1. The molecule has 0 saturated heterocycles. The van der Waals surface area contributed by atoms with Gasteiger partial charge >= 0.3 is 0 Å². The van der Waals surface area contributed by atoms with Gasteiger partial charge in [-0.1, -0.05) is 91.8 Å². The second kappa shape index (κ2) is 13.8. The maximum absolute atomic E-state index is 11.5. The third kappa shape index (κ3) is 10.0. The number of carbonyl (C=O) groups excluding carboxylic acids is 1. The van der Waals surface area contributed by atoms with Crippen molar-refractivity contribution in [3.8, 4) is 0 Å². The molecule has 158 valence electrons. The van der Waals surface area contributed by atoms with E-state index in [0.29, 0.717) is 29.0 Å². The highest BCUT2D eigenvalue weighted by molar-refractivity contribution is 5.86. The second-order valence-corrected chi connectivity index (χ2v) is 7.46. The number of Topliss-reactive ketones (excluding diaryl/α,β-unsaturated/α-hetero) is 1. The largest absolute Gasteiger partial charge is 0.299 e. The van der Waals surface area contributed by atoms with Gasteiger partial charge in [0.25, 0.3) is 0 Å². The zero-order valence-corrected chi connectivity index (χ0v) is 19.0. The first-order chi connectivity index (χ1) is 12.6. The van der Waals surface area contributed by atoms with E-state index in [1.54, 1.807) is 0 Å². The van der Waals surface area contributed by atoms with E-state index in [9.17, 15) is 13.6 Å². The van der Waals surface area contributed by atoms with Gasteiger partial charge in [0.15, 0.2) is 0 Å². The molecule has 27 heavy (non-hydrogen) atoms. The first-order valence-corrected chi connectivity index (χ1v) is 10.5. The molecule has 1 nitrogen and oxygen atoms in total. The maximum Gasteiger partial charge on any atom is 0.245 e. The van der Waals surface area contributed by atoms with Crippen molar-refractivity contribution in [2.75, 3.05) is 0 Å². The van der Waals surface area contributed by atoms with Crippen LogP contribution in [-0.2, 0) is 4.79 Å². The van der Waals surface area contributed by atoms with Gasteiger partial charge in [0.2, 0.25) is 5.92 Å². The van der Waals surface area contributed by atoms with Crippen LogP contribution in [0.25, 0.3) is 0 Å². The van der Waals surface area contributed by atoms with Gasteiger partial charge in [-0.15, -0.1) is 0 Å². The molecule has 0 aliphatic heterocycles. The standard InChI is InChI=1S/C10H16O.C6H6.C4H8F2.2C2H6/c1-6-4-7-5-8(11)9(6)10(7,2)3;1-2-4-6-5-3-1;1-3-4(2,5)6;2*1-2/h6-7,9H,4-5H2,1-3H3;1-6H;3H2,1-2H3;2*1-2H3. The van der Waals surface area contributed by atoms with Crippen molar-refractivity contribution in [3.63, 3.8) is 0 Å². The molecule has 3 unspecified atom stereocenters. The normalized spacial score (nSPS) is 24.0. The van der Waals surface area contributed by atoms with E-state index in [1.165, 1.54) is 13.3 Å². The van der Waals surface area contributed by atoms with Crippen molar-refractivity contribution in [2.24, 2.45) is 23.2 Å². The van der Waals surface area contributed by atoms with E-state index >= 15 is 0 Å². The lowest BCUT2D eigenvalue weighted by molar-refractivity contribution is -0.123. The number of rotatable bonds is 1. The van der Waals surface area contributed by atoms with Crippen LogP contribution in [0, 0.1) is 23.2 Å². The van der Waals surface area contributed by atoms with E-state index < -0.39 is 5.92 Å². The van der Waals surface area contributed by atoms with Crippen molar-refractivity contribution in [3.05, 3.63) is 36.4 Å². The number of carbonyl (C=O) groups is 1. The fourth-order valence-electron chi connectivity index (χ4n) is 3.71. The molecule has 1 aromatic rings. The lowest BCUT2D eigenvalue weighted by Crippen LogP contribution is -2.23. The Labute approximate surface area is 167 Å². The van der Waals surface area contributed by atoms with Gasteiger partial charge in [-0.3, -0.25) is 4.79 Å². The van der Waals surface area contributed by atoms with Crippen LogP contribution in [0.3, 0.4) is 0 Å². The van der Waals surface area contributed by atoms with Gasteiger partial charge < -0.3 is 0 Å². The van der Waals surface area contributed by atoms with Crippen molar-refractivity contribution < 1.29 is 13.6 Å². The summed E-state index contributed by atoms with van der Waals surface area (Å²) in [7, 11) is 0. The third-order valence-corrected chi connectivity index (χ3v) is 5.16. The summed E-state index contributed by atoms with van der Waals surface area (Å²) in [6.45, 7) is 17.1. The smallest absolute Gasteiger partial charge is 0.245 e. The van der Waals surface area contributed by atoms with Gasteiger partial charge in [-0.05, 0) is 30.6 Å². The molecular formula is C24H42F2O. The molecule has 0 heterocycles. The highest BCUT2D eigenvalue weighted by atomic mass is 19.3. The van der Waals surface area contributed by atoms with Gasteiger partial charge in [0.1, 0.15) is 5.78 Å². The number of halogens is 2. The average molecular weight is 385 g/mol. The Morgan fingerprint density at radius 2 is 1.33 bits per heavy atom. The number of alkyl halides is 2. The van der Waals surface area contributed by atoms with E-state index in [-0.39, 0.29) is 6.42 Å². The minimum atomic E-state index is -2.46. The molecular weight excluding hydrogens is 342 g/mol. The molecule has 0 aromatic heterocycles. The summed E-state index contributed by atoms with van der Waals surface area (Å²) in [6.07, 6.45) is 2.08. The zero-order valence-electron chi connectivity index (χ0n) is 19.0. The average Bonchev–Trinajstić information content (AvgIpc) is 3.01. The summed E-state index contributed by atoms with van der Waals surface area (Å²) in [4.78, 5) is 11.5. The van der Waals surface area contributed by atoms with Crippen LogP contribution in [0.4, 0.5) is 8.78 Å². The molecule has 0 N–H and O–H groups in total. The first kappa shape index (κ1) is 28.0. The Bertz CT molecular complexity index is 450. The monoisotopic (exact) mass is 384 g/mol. The molecule has 2 saturated carbocycles. The van der Waals surface area contributed by atoms with E-state index in [4.69, 9.17) is 0 Å². The predicted octanol–water partition coefficient (Wildman–Crippen LogP) is 8.05. The summed E-state index contributed by atoms with van der Waals surface area (Å²) < 4.78 is 22.9. The fourth-order valence-corrected chi connectivity index (χ4v) is 3.71. The number of fused-ring (bicyclic) bond motifs is 2. The van der Waals surface area contributed by atoms with E-state index in [0.717, 1.165) is 13.3 Å². The molecule has 2 aliphatic rings. The molecule has 3 atom stereocenters. The summed E-state index contributed by atoms with van der Waals surface area (Å²) >= 11 is 0. The van der Waals surface area contributed by atoms with Crippen molar-refractivity contribution >= 4 is 5.78 Å². The van der Waals surface area contributed by atoms with Crippen LogP contribution >= 0.6 is 0 Å². The molecule has 1 aromatic carbocycles.